The van der Waals surface area contributed by atoms with Crippen LogP contribution >= 0.6 is 0 Å². The number of hydrogen-bond donors (Lipinski definition) is 5. The van der Waals surface area contributed by atoms with Crippen LogP contribution in [0.4, 0.5) is 38.3 Å². The van der Waals surface area contributed by atoms with Crippen molar-refractivity contribution in [2.24, 2.45) is 0 Å². The molecule has 11 rings (SSSR count). The van der Waals surface area contributed by atoms with E-state index in [4.69, 9.17) is 37.5 Å². The number of rotatable bonds is 9. The molecule has 3 amide bonds. The second-order valence-corrected chi connectivity index (χ2v) is 16.4. The number of nitrogens with one attached hydrogen (secondary N) is 3. The Morgan fingerprint density at radius 3 is 1.93 bits per heavy atom. The van der Waals surface area contributed by atoms with Gasteiger partial charge in [0, 0.05) is 72.2 Å². The number of aromatic hydroxyl groups is 2. The first-order valence-electron chi connectivity index (χ1n) is 22.8. The molecule has 0 saturated heterocycles. The molecule has 0 aliphatic carbocycles. The molecule has 2 aliphatic heterocycles. The number of ether oxygens (including phenoxy) is 6. The molecule has 0 atom stereocenters. The van der Waals surface area contributed by atoms with E-state index in [9.17, 15) is 29.9 Å². The summed E-state index contributed by atoms with van der Waals surface area (Å²) < 4.78 is 43.3. The van der Waals surface area contributed by atoms with E-state index in [0.717, 1.165) is 34.4 Å². The topological polar surface area (TPSA) is 290 Å². The number of nitro groups is 1. The highest BCUT2D eigenvalue weighted by atomic mass is 16.6. The van der Waals surface area contributed by atoms with Gasteiger partial charge in [-0.25, -0.2) is 9.59 Å². The number of aromatic nitrogens is 4. The molecule has 0 fully saturated rings. The first kappa shape index (κ1) is 49.7. The zero-order chi connectivity index (χ0) is 52.6. The highest BCUT2D eigenvalue weighted by molar-refractivity contribution is 6.02. The van der Waals surface area contributed by atoms with E-state index in [1.165, 1.54) is 37.4 Å². The van der Waals surface area contributed by atoms with E-state index < -0.39 is 11.0 Å². The number of amides is 3. The SMILES string of the molecule is COc1cc2nccc(Oc3ccc4c(c3)OCCN4C(=O)Nc3cc(C)on3)c2cc1O.Cc1cc(NC(=O)Oc2ccc([N+](=O)[O-])cc2)no1.Cc1cc2nccc(Oc3ccc4c(c3)OCCN4)c2cc1O. The lowest BCUT2D eigenvalue weighted by atomic mass is 10.1. The molecule has 5 aromatic carbocycles. The monoisotopic (exact) mass is 1020 g/mol. The molecule has 0 saturated carbocycles. The van der Waals surface area contributed by atoms with Gasteiger partial charge in [0.15, 0.2) is 23.1 Å². The van der Waals surface area contributed by atoms with Crippen molar-refractivity contribution in [3.63, 3.8) is 0 Å². The Balaban J connectivity index is 0.000000144. The van der Waals surface area contributed by atoms with Gasteiger partial charge in [-0.3, -0.25) is 35.6 Å². The third-order valence-electron chi connectivity index (χ3n) is 11.1. The average molecular weight is 1020 g/mol. The van der Waals surface area contributed by atoms with Crippen LogP contribution in [0.1, 0.15) is 17.1 Å². The Morgan fingerprint density at radius 2 is 1.29 bits per heavy atom. The normalized spacial score (nSPS) is 12.1. The summed E-state index contributed by atoms with van der Waals surface area (Å²) in [5, 5.41) is 47.6. The number of hydrogen-bond acceptors (Lipinski definition) is 19. The number of aryl methyl sites for hydroxylation is 3. The van der Waals surface area contributed by atoms with E-state index in [2.05, 4.69) is 36.2 Å². The molecule has 23 heteroatoms. The number of benzene rings is 5. The predicted octanol–water partition coefficient (Wildman–Crippen LogP) is 10.8. The van der Waals surface area contributed by atoms with Crippen LogP contribution in [0.25, 0.3) is 21.8 Å². The first-order valence-corrected chi connectivity index (χ1v) is 22.8. The number of pyridine rings is 2. The molecule has 0 spiro atoms. The summed E-state index contributed by atoms with van der Waals surface area (Å²) in [7, 11) is 1.48. The molecular formula is C52H45N9O14. The Bertz CT molecular complexity index is 3570. The molecule has 382 valence electrons. The minimum absolute atomic E-state index is 0.0133. The Kier molecular flexibility index (Phi) is 14.6. The predicted molar refractivity (Wildman–Crippen MR) is 272 cm³/mol. The van der Waals surface area contributed by atoms with E-state index in [0.29, 0.717) is 88.2 Å². The van der Waals surface area contributed by atoms with Crippen molar-refractivity contribution in [1.82, 2.24) is 20.3 Å². The van der Waals surface area contributed by atoms with E-state index >= 15 is 0 Å². The van der Waals surface area contributed by atoms with Crippen molar-refractivity contribution in [2.45, 2.75) is 20.8 Å². The fourth-order valence-corrected chi connectivity index (χ4v) is 7.55. The number of urea groups is 1. The number of methoxy groups -OCH3 is 1. The van der Waals surface area contributed by atoms with Crippen LogP contribution in [0.15, 0.2) is 131 Å². The number of phenols is 2. The maximum Gasteiger partial charge on any atom is 0.418 e. The molecule has 0 bridgehead atoms. The molecular weight excluding hydrogens is 975 g/mol. The van der Waals surface area contributed by atoms with Crippen molar-refractivity contribution in [3.8, 4) is 57.5 Å². The van der Waals surface area contributed by atoms with E-state index in [1.807, 2.05) is 31.2 Å². The van der Waals surface area contributed by atoms with Crippen LogP contribution in [-0.2, 0) is 0 Å². The van der Waals surface area contributed by atoms with Gasteiger partial charge in [-0.05, 0) is 93.1 Å². The Hall–Kier alpha value is -10.3. The van der Waals surface area contributed by atoms with Crippen molar-refractivity contribution < 1.29 is 62.2 Å². The van der Waals surface area contributed by atoms with Crippen LogP contribution in [-0.4, -0.2) is 81.0 Å². The molecule has 6 heterocycles. The lowest BCUT2D eigenvalue weighted by Crippen LogP contribution is -2.40. The van der Waals surface area contributed by atoms with Crippen LogP contribution in [0, 0.1) is 30.9 Å². The minimum atomic E-state index is -0.762. The lowest BCUT2D eigenvalue weighted by Gasteiger charge is -2.29. The average Bonchev–Trinajstić information content (AvgIpc) is 4.02. The summed E-state index contributed by atoms with van der Waals surface area (Å²) in [6.07, 6.45) is 2.55. The molecule has 0 unspecified atom stereocenters. The lowest BCUT2D eigenvalue weighted by molar-refractivity contribution is -0.384. The number of carbonyl (C=O) groups excluding carboxylic acids is 2. The van der Waals surface area contributed by atoms with Crippen LogP contribution in [0.3, 0.4) is 0 Å². The largest absolute Gasteiger partial charge is 0.508 e. The van der Waals surface area contributed by atoms with Gasteiger partial charge in [0.25, 0.3) is 5.69 Å². The maximum atomic E-state index is 12.8. The smallest absolute Gasteiger partial charge is 0.418 e. The van der Waals surface area contributed by atoms with Gasteiger partial charge in [-0.2, -0.15) is 0 Å². The molecule has 9 aromatic rings. The summed E-state index contributed by atoms with van der Waals surface area (Å²) in [5.41, 5.74) is 3.68. The molecule has 5 N–H and O–H groups in total. The third kappa shape index (κ3) is 11.9. The van der Waals surface area contributed by atoms with Crippen LogP contribution in [0.5, 0.6) is 57.5 Å². The summed E-state index contributed by atoms with van der Waals surface area (Å²) in [6, 6.07) is 29.1. The third-order valence-corrected chi connectivity index (χ3v) is 11.1. The number of carbonyl (C=O) groups is 2. The van der Waals surface area contributed by atoms with Gasteiger partial charge in [-0.1, -0.05) is 10.3 Å². The number of nitrogens with zero attached hydrogens (tertiary/aromatic N) is 6. The standard InChI is InChI=1S/C23H20N4O6.C18H16N2O3.C11H9N3O5/c1-13-9-22(26-33-13)25-23(29)27-7-8-31-20-10-14(3-4-17(20)27)32-19-5-6-24-16-12-21(30-2)18(28)11-15(16)19;1-11-8-15-13(10-16(11)21)17(4-5-19-15)23-12-2-3-14-18(9-12)22-7-6-20-14;1-7-6-10(13-19-7)12-11(15)18-9-4-2-8(3-5-9)14(16)17/h3-6,9-12,28H,7-8H2,1-2H3,(H,25,26,29);2-5,8-10,20-21H,6-7H2,1H3;2-6H,1H3,(H,12,13,15). The van der Waals surface area contributed by atoms with Crippen LogP contribution < -0.4 is 49.3 Å². The number of phenolic OH excluding ortho intramolecular Hbond substituents is 2. The molecule has 2 aliphatic rings. The van der Waals surface area contributed by atoms with Gasteiger partial charge in [0.05, 0.1) is 41.0 Å². The number of fused-ring (bicyclic) bond motifs is 4. The summed E-state index contributed by atoms with van der Waals surface area (Å²) in [6.45, 7) is 7.43. The minimum Gasteiger partial charge on any atom is -0.508 e. The van der Waals surface area contributed by atoms with Gasteiger partial charge in [0.1, 0.15) is 70.7 Å². The molecule has 0 radical (unpaired) electrons. The Labute approximate surface area is 425 Å². The quantitative estimate of drug-likeness (QED) is 0.0663. The van der Waals surface area contributed by atoms with E-state index in [-0.39, 0.29) is 34.8 Å². The number of non-ortho nitro benzene ring substituents is 1. The van der Waals surface area contributed by atoms with Crippen molar-refractivity contribution in [2.75, 3.05) is 54.3 Å². The van der Waals surface area contributed by atoms with Gasteiger partial charge < -0.3 is 53.0 Å². The highest BCUT2D eigenvalue weighted by Crippen LogP contribution is 2.41. The maximum absolute atomic E-state index is 12.8. The molecule has 75 heavy (non-hydrogen) atoms. The second kappa shape index (κ2) is 22.0. The Morgan fingerprint density at radius 1 is 0.693 bits per heavy atom. The van der Waals surface area contributed by atoms with Crippen molar-refractivity contribution >= 4 is 62.6 Å². The molecule has 4 aromatic heterocycles. The summed E-state index contributed by atoms with van der Waals surface area (Å²) >= 11 is 0. The van der Waals surface area contributed by atoms with Gasteiger partial charge in [0.2, 0.25) is 0 Å². The fraction of sp³-hybridized carbons (Fsp3) is 0.154. The van der Waals surface area contributed by atoms with Gasteiger partial charge in [-0.15, -0.1) is 0 Å². The van der Waals surface area contributed by atoms with Crippen LogP contribution in [0.2, 0.25) is 0 Å². The second-order valence-electron chi connectivity index (χ2n) is 16.4. The van der Waals surface area contributed by atoms with Crippen molar-refractivity contribution in [1.29, 1.82) is 0 Å². The number of anilines is 4. The summed E-state index contributed by atoms with van der Waals surface area (Å²) in [5.74, 6) is 6.07. The summed E-state index contributed by atoms with van der Waals surface area (Å²) in [4.78, 5) is 44.3. The number of nitro benzene ring substituents is 1. The first-order chi connectivity index (χ1) is 36.3. The molecule has 23 nitrogen and oxygen atoms in total. The van der Waals surface area contributed by atoms with Crippen molar-refractivity contribution in [3.05, 3.63) is 149 Å². The van der Waals surface area contributed by atoms with E-state index in [1.54, 1.807) is 85.7 Å². The highest BCUT2D eigenvalue weighted by Gasteiger charge is 2.26. The van der Waals surface area contributed by atoms with Gasteiger partial charge >= 0.3 is 12.1 Å². The zero-order valence-electron chi connectivity index (χ0n) is 40.4. The zero-order valence-corrected chi connectivity index (χ0v) is 40.4. The fourth-order valence-electron chi connectivity index (χ4n) is 7.55.